The molecular formula is C14H28N2O2S. The second-order valence-electron chi connectivity index (χ2n) is 6.58. The zero-order valence-corrected chi connectivity index (χ0v) is 13.1. The Balaban J connectivity index is 1.54. The van der Waals surface area contributed by atoms with Crippen molar-refractivity contribution < 1.29 is 8.42 Å². The molecule has 0 aromatic heterocycles. The lowest BCUT2D eigenvalue weighted by Crippen LogP contribution is -2.35. The van der Waals surface area contributed by atoms with Crippen LogP contribution in [-0.2, 0) is 9.84 Å². The summed E-state index contributed by atoms with van der Waals surface area (Å²) < 4.78 is 22.0. The molecule has 2 aliphatic rings. The number of fused-ring (bicyclic) bond motifs is 2. The van der Waals surface area contributed by atoms with Gasteiger partial charge in [0, 0.05) is 32.4 Å². The number of rotatable bonds is 8. The minimum Gasteiger partial charge on any atom is -0.314 e. The summed E-state index contributed by atoms with van der Waals surface area (Å²) in [6.45, 7) is 3.68. The Hall–Kier alpha value is -0.130. The van der Waals surface area contributed by atoms with Crippen molar-refractivity contribution in [2.75, 3.05) is 45.2 Å². The number of nitrogens with zero attached hydrogens (tertiary/aromatic N) is 1. The lowest BCUT2D eigenvalue weighted by Gasteiger charge is -2.27. The fourth-order valence-electron chi connectivity index (χ4n) is 3.74. The van der Waals surface area contributed by atoms with E-state index in [9.17, 15) is 8.42 Å². The number of nitrogens with one attached hydrogen (secondary N) is 1. The maximum Gasteiger partial charge on any atom is 0.148 e. The second-order valence-corrected chi connectivity index (χ2v) is 8.84. The van der Waals surface area contributed by atoms with Crippen LogP contribution in [0, 0.1) is 17.8 Å². The van der Waals surface area contributed by atoms with Crippen LogP contribution < -0.4 is 5.32 Å². The first-order chi connectivity index (χ1) is 8.94. The number of likely N-dealkylation sites (N-methyl/N-ethyl adjacent to an activating group) is 1. The summed E-state index contributed by atoms with van der Waals surface area (Å²) in [4.78, 5) is 2.40. The maximum atomic E-state index is 11.0. The normalized spacial score (nSPS) is 30.4. The molecule has 0 aliphatic heterocycles. The molecule has 2 fully saturated rings. The van der Waals surface area contributed by atoms with E-state index >= 15 is 0 Å². The van der Waals surface area contributed by atoms with Gasteiger partial charge in [0.25, 0.3) is 0 Å². The van der Waals surface area contributed by atoms with Crippen molar-refractivity contribution in [1.29, 1.82) is 0 Å². The van der Waals surface area contributed by atoms with Gasteiger partial charge < -0.3 is 10.2 Å². The van der Waals surface area contributed by atoms with Gasteiger partial charge in [-0.3, -0.25) is 0 Å². The molecule has 19 heavy (non-hydrogen) atoms. The van der Waals surface area contributed by atoms with Crippen LogP contribution in [0.1, 0.15) is 25.7 Å². The molecule has 3 unspecified atom stereocenters. The van der Waals surface area contributed by atoms with Gasteiger partial charge in [-0.1, -0.05) is 6.42 Å². The molecule has 0 aromatic rings. The number of hydrogen-bond donors (Lipinski definition) is 1. The smallest absolute Gasteiger partial charge is 0.148 e. The van der Waals surface area contributed by atoms with E-state index in [0.29, 0.717) is 6.54 Å². The molecule has 0 radical (unpaired) electrons. The number of sulfone groups is 1. The number of hydrogen-bond acceptors (Lipinski definition) is 4. The van der Waals surface area contributed by atoms with Crippen LogP contribution in [-0.4, -0.2) is 58.6 Å². The van der Waals surface area contributed by atoms with Crippen LogP contribution in [0.4, 0.5) is 0 Å². The highest BCUT2D eigenvalue weighted by molar-refractivity contribution is 7.90. The summed E-state index contributed by atoms with van der Waals surface area (Å²) >= 11 is 0. The molecule has 1 N–H and O–H groups in total. The predicted octanol–water partition coefficient (Wildman–Crippen LogP) is 0.989. The fourth-order valence-corrected chi connectivity index (χ4v) is 4.26. The molecule has 4 nitrogen and oxygen atoms in total. The second kappa shape index (κ2) is 6.55. The van der Waals surface area contributed by atoms with Crippen LogP contribution in [0.2, 0.25) is 0 Å². The maximum absolute atomic E-state index is 11.0. The standard InChI is InChI=1S/C14H28N2O2S/c1-16(7-5-15-6-8-19(2,17)18)11-14-10-12-3-4-13(14)9-12/h12-15H,3-11H2,1-2H3. The van der Waals surface area contributed by atoms with E-state index in [1.54, 1.807) is 0 Å². The van der Waals surface area contributed by atoms with Gasteiger partial charge in [0.2, 0.25) is 0 Å². The molecule has 2 saturated carbocycles. The Morgan fingerprint density at radius 1 is 1.21 bits per heavy atom. The van der Waals surface area contributed by atoms with Crippen LogP contribution in [0.3, 0.4) is 0 Å². The Labute approximate surface area is 117 Å². The van der Waals surface area contributed by atoms with E-state index in [4.69, 9.17) is 0 Å². The SMILES string of the molecule is CN(CCNCCS(C)(=O)=O)CC1CC2CCC1C2. The molecule has 0 saturated heterocycles. The first-order valence-corrected chi connectivity index (χ1v) is 9.57. The van der Waals surface area contributed by atoms with Gasteiger partial charge in [-0.15, -0.1) is 0 Å². The lowest BCUT2D eigenvalue weighted by atomic mass is 9.88. The minimum atomic E-state index is -2.83. The van der Waals surface area contributed by atoms with Gasteiger partial charge in [-0.2, -0.15) is 0 Å². The van der Waals surface area contributed by atoms with E-state index in [1.807, 2.05) is 0 Å². The van der Waals surface area contributed by atoms with Gasteiger partial charge in [0.1, 0.15) is 9.84 Å². The zero-order chi connectivity index (χ0) is 13.9. The summed E-state index contributed by atoms with van der Waals surface area (Å²) in [5, 5.41) is 3.21. The third-order valence-corrected chi connectivity index (χ3v) is 5.70. The molecular weight excluding hydrogens is 260 g/mol. The van der Waals surface area contributed by atoms with Crippen molar-refractivity contribution in [2.24, 2.45) is 17.8 Å². The molecule has 2 aliphatic carbocycles. The molecule has 2 bridgehead atoms. The Morgan fingerprint density at radius 3 is 2.58 bits per heavy atom. The van der Waals surface area contributed by atoms with Crippen molar-refractivity contribution in [2.45, 2.75) is 25.7 Å². The predicted molar refractivity (Wildman–Crippen MR) is 79.0 cm³/mol. The Morgan fingerprint density at radius 2 is 2.00 bits per heavy atom. The molecule has 0 spiro atoms. The molecule has 5 heteroatoms. The fraction of sp³-hybridized carbons (Fsp3) is 1.00. The highest BCUT2D eigenvalue weighted by Crippen LogP contribution is 2.48. The van der Waals surface area contributed by atoms with Crippen molar-refractivity contribution in [1.82, 2.24) is 10.2 Å². The van der Waals surface area contributed by atoms with Gasteiger partial charge in [0.15, 0.2) is 0 Å². The molecule has 2 rings (SSSR count). The van der Waals surface area contributed by atoms with Crippen molar-refractivity contribution in [3.05, 3.63) is 0 Å². The third-order valence-electron chi connectivity index (χ3n) is 4.75. The molecule has 0 amide bonds. The summed E-state index contributed by atoms with van der Waals surface area (Å²) in [5.74, 6) is 3.17. The summed E-state index contributed by atoms with van der Waals surface area (Å²) in [7, 11) is -0.641. The van der Waals surface area contributed by atoms with Crippen LogP contribution in [0.5, 0.6) is 0 Å². The molecule has 3 atom stereocenters. The van der Waals surface area contributed by atoms with Crippen molar-refractivity contribution >= 4 is 9.84 Å². The van der Waals surface area contributed by atoms with Gasteiger partial charge in [0.05, 0.1) is 5.75 Å². The topological polar surface area (TPSA) is 49.4 Å². The average molecular weight is 288 g/mol. The third kappa shape index (κ3) is 5.04. The van der Waals surface area contributed by atoms with Crippen molar-refractivity contribution in [3.63, 3.8) is 0 Å². The Bertz CT molecular complexity index is 383. The monoisotopic (exact) mass is 288 g/mol. The van der Waals surface area contributed by atoms with Crippen LogP contribution >= 0.6 is 0 Å². The zero-order valence-electron chi connectivity index (χ0n) is 12.3. The van der Waals surface area contributed by atoms with Crippen LogP contribution in [0.15, 0.2) is 0 Å². The Kier molecular flexibility index (Phi) is 5.26. The molecule has 0 aromatic carbocycles. The first kappa shape index (κ1) is 15.3. The van der Waals surface area contributed by atoms with E-state index in [-0.39, 0.29) is 5.75 Å². The molecule has 0 heterocycles. The largest absolute Gasteiger partial charge is 0.314 e. The average Bonchev–Trinajstić information content (AvgIpc) is 2.88. The van der Waals surface area contributed by atoms with E-state index in [1.165, 1.54) is 38.5 Å². The summed E-state index contributed by atoms with van der Waals surface area (Å²) in [5.41, 5.74) is 0. The van der Waals surface area contributed by atoms with E-state index < -0.39 is 9.84 Å². The highest BCUT2D eigenvalue weighted by Gasteiger charge is 2.39. The van der Waals surface area contributed by atoms with E-state index in [2.05, 4.69) is 17.3 Å². The lowest BCUT2D eigenvalue weighted by molar-refractivity contribution is 0.220. The highest BCUT2D eigenvalue weighted by atomic mass is 32.2. The summed E-state index contributed by atoms with van der Waals surface area (Å²) in [6, 6.07) is 0. The van der Waals surface area contributed by atoms with Crippen LogP contribution in [0.25, 0.3) is 0 Å². The van der Waals surface area contributed by atoms with Crippen molar-refractivity contribution in [3.8, 4) is 0 Å². The minimum absolute atomic E-state index is 0.239. The quantitative estimate of drug-likeness (QED) is 0.677. The van der Waals surface area contributed by atoms with Gasteiger partial charge >= 0.3 is 0 Å². The van der Waals surface area contributed by atoms with E-state index in [0.717, 1.165) is 30.8 Å². The first-order valence-electron chi connectivity index (χ1n) is 7.51. The molecule has 112 valence electrons. The van der Waals surface area contributed by atoms with Gasteiger partial charge in [-0.25, -0.2) is 8.42 Å². The summed E-state index contributed by atoms with van der Waals surface area (Å²) in [6.07, 6.45) is 7.13. The van der Waals surface area contributed by atoms with Gasteiger partial charge in [-0.05, 0) is 44.1 Å².